The van der Waals surface area contributed by atoms with E-state index in [0.717, 1.165) is 49.3 Å². The van der Waals surface area contributed by atoms with Crippen molar-refractivity contribution >= 4 is 23.3 Å². The molecular weight excluding hydrogens is 490 g/mol. The molecule has 5 rings (SSSR count). The number of benzene rings is 2. The number of halogens is 1. The van der Waals surface area contributed by atoms with Gasteiger partial charge in [-0.25, -0.2) is 4.79 Å². The molecule has 0 amide bonds. The minimum Gasteiger partial charge on any atom is -0.490 e. The molecular formula is C30H38ClNO5. The van der Waals surface area contributed by atoms with Crippen LogP contribution in [0, 0.1) is 11.8 Å². The fraction of sp³-hybridized carbons (Fsp3) is 0.567. The van der Waals surface area contributed by atoms with E-state index in [4.69, 9.17) is 25.8 Å². The lowest BCUT2D eigenvalue weighted by atomic mass is 9.59. The van der Waals surface area contributed by atoms with Gasteiger partial charge in [0.1, 0.15) is 5.54 Å². The molecule has 2 aliphatic carbocycles. The van der Waals surface area contributed by atoms with Crippen LogP contribution in [0.4, 0.5) is 5.69 Å². The number of ether oxygens (including phenoxy) is 3. The first kappa shape index (κ1) is 26.2. The summed E-state index contributed by atoms with van der Waals surface area (Å²) in [6.07, 6.45) is 5.80. The second kappa shape index (κ2) is 10.4. The van der Waals surface area contributed by atoms with Crippen LogP contribution in [0.5, 0.6) is 11.5 Å². The summed E-state index contributed by atoms with van der Waals surface area (Å²) in [6, 6.07) is 11.9. The maximum Gasteiger partial charge on any atom is 0.331 e. The van der Waals surface area contributed by atoms with E-state index >= 15 is 0 Å². The molecule has 1 aliphatic heterocycles. The third-order valence-electron chi connectivity index (χ3n) is 8.84. The highest BCUT2D eigenvalue weighted by Crippen LogP contribution is 2.58. The highest BCUT2D eigenvalue weighted by atomic mass is 35.5. The zero-order chi connectivity index (χ0) is 26.2. The van der Waals surface area contributed by atoms with Gasteiger partial charge in [-0.1, -0.05) is 24.6 Å². The van der Waals surface area contributed by atoms with E-state index in [1.165, 1.54) is 18.2 Å². The number of nitrogens with one attached hydrogen (secondary N) is 1. The highest BCUT2D eigenvalue weighted by Gasteiger charge is 2.54. The first-order valence-corrected chi connectivity index (χ1v) is 13.9. The number of aliphatic hydroxyl groups is 1. The number of carbonyl (C=O) groups is 1. The zero-order valence-corrected chi connectivity index (χ0v) is 22.8. The normalized spacial score (nSPS) is 29.3. The minimum absolute atomic E-state index is 0.0946. The number of hydrogen-bond acceptors (Lipinski definition) is 6. The quantitative estimate of drug-likeness (QED) is 0.454. The molecule has 7 heteroatoms. The number of esters is 1. The Bertz CT molecular complexity index is 1140. The Morgan fingerprint density at radius 1 is 1.22 bits per heavy atom. The van der Waals surface area contributed by atoms with Gasteiger partial charge in [0.2, 0.25) is 0 Å². The molecule has 3 atom stereocenters. The van der Waals surface area contributed by atoms with Crippen molar-refractivity contribution in [1.82, 2.24) is 0 Å². The largest absolute Gasteiger partial charge is 0.490 e. The first-order valence-electron chi connectivity index (χ1n) is 13.5. The van der Waals surface area contributed by atoms with Gasteiger partial charge < -0.3 is 24.6 Å². The van der Waals surface area contributed by atoms with E-state index in [0.29, 0.717) is 30.4 Å². The van der Waals surface area contributed by atoms with Crippen LogP contribution in [0.25, 0.3) is 0 Å². The second-order valence-electron chi connectivity index (χ2n) is 11.3. The summed E-state index contributed by atoms with van der Waals surface area (Å²) < 4.78 is 17.7. The molecule has 0 bridgehead atoms. The molecule has 2 aromatic carbocycles. The number of rotatable bonds is 6. The van der Waals surface area contributed by atoms with Crippen LogP contribution in [-0.4, -0.2) is 43.0 Å². The maximum absolute atomic E-state index is 13.2. The molecule has 1 spiro atoms. The first-order chi connectivity index (χ1) is 17.8. The van der Waals surface area contributed by atoms with Crippen molar-refractivity contribution in [3.8, 4) is 11.5 Å². The lowest BCUT2D eigenvalue weighted by Crippen LogP contribution is -2.53. The lowest BCUT2D eigenvalue weighted by molar-refractivity contribution is -0.148. The van der Waals surface area contributed by atoms with Gasteiger partial charge in [-0.15, -0.1) is 0 Å². The molecule has 1 saturated carbocycles. The predicted octanol–water partition coefficient (Wildman–Crippen LogP) is 5.92. The van der Waals surface area contributed by atoms with E-state index in [2.05, 4.69) is 31.3 Å². The summed E-state index contributed by atoms with van der Waals surface area (Å²) in [5.41, 5.74) is 2.53. The summed E-state index contributed by atoms with van der Waals surface area (Å²) in [4.78, 5) is 13.2. The molecule has 0 unspecified atom stereocenters. The SMILES string of the molecule is COC(=O)C1(Nc2cccc(Cl)c2)CCC2(CC1)c1cc3c(cc1C[C@@H]2C[C@@H](C)CO)O[C@H](C)CCO3. The molecule has 3 aliphatic rings. The Kier molecular flexibility index (Phi) is 7.34. The Labute approximate surface area is 224 Å². The Morgan fingerprint density at radius 3 is 2.70 bits per heavy atom. The van der Waals surface area contributed by atoms with Crippen molar-refractivity contribution in [3.63, 3.8) is 0 Å². The van der Waals surface area contributed by atoms with Crippen molar-refractivity contribution in [2.24, 2.45) is 11.8 Å². The van der Waals surface area contributed by atoms with Gasteiger partial charge in [-0.05, 0) is 104 Å². The maximum atomic E-state index is 13.2. The molecule has 0 aromatic heterocycles. The van der Waals surface area contributed by atoms with Gasteiger partial charge in [0.15, 0.2) is 11.5 Å². The number of hydrogen-bond donors (Lipinski definition) is 2. The number of fused-ring (bicyclic) bond motifs is 3. The molecule has 0 saturated heterocycles. The highest BCUT2D eigenvalue weighted by molar-refractivity contribution is 6.30. The monoisotopic (exact) mass is 527 g/mol. The molecule has 2 N–H and O–H groups in total. The van der Waals surface area contributed by atoms with Crippen LogP contribution in [0.2, 0.25) is 5.02 Å². The van der Waals surface area contributed by atoms with E-state index in [-0.39, 0.29) is 30.0 Å². The zero-order valence-electron chi connectivity index (χ0n) is 22.0. The summed E-state index contributed by atoms with van der Waals surface area (Å²) in [5, 5.41) is 14.0. The van der Waals surface area contributed by atoms with Crippen molar-refractivity contribution in [2.45, 2.75) is 75.9 Å². The summed E-state index contributed by atoms with van der Waals surface area (Å²) >= 11 is 6.24. The van der Waals surface area contributed by atoms with E-state index in [9.17, 15) is 9.90 Å². The average molecular weight is 528 g/mol. The molecule has 1 fully saturated rings. The van der Waals surface area contributed by atoms with Gasteiger partial charge in [0.25, 0.3) is 0 Å². The number of methoxy groups -OCH3 is 1. The second-order valence-corrected chi connectivity index (χ2v) is 11.7. The van der Waals surface area contributed by atoms with Gasteiger partial charge in [0.05, 0.1) is 19.8 Å². The van der Waals surface area contributed by atoms with Crippen LogP contribution in [-0.2, 0) is 21.4 Å². The molecule has 200 valence electrons. The minimum atomic E-state index is -0.818. The molecule has 37 heavy (non-hydrogen) atoms. The lowest BCUT2D eigenvalue weighted by Gasteiger charge is -2.47. The number of anilines is 1. The smallest absolute Gasteiger partial charge is 0.331 e. The molecule has 1 heterocycles. The Morgan fingerprint density at radius 2 is 2.00 bits per heavy atom. The van der Waals surface area contributed by atoms with Crippen molar-refractivity contribution in [1.29, 1.82) is 0 Å². The van der Waals surface area contributed by atoms with Crippen LogP contribution in [0.1, 0.15) is 63.5 Å². The van der Waals surface area contributed by atoms with E-state index < -0.39 is 5.54 Å². The predicted molar refractivity (Wildman–Crippen MR) is 145 cm³/mol. The Hall–Kier alpha value is -2.44. The molecule has 2 aromatic rings. The van der Waals surface area contributed by atoms with Crippen LogP contribution >= 0.6 is 11.6 Å². The van der Waals surface area contributed by atoms with Crippen molar-refractivity contribution in [3.05, 3.63) is 52.5 Å². The van der Waals surface area contributed by atoms with Crippen LogP contribution < -0.4 is 14.8 Å². The van der Waals surface area contributed by atoms with E-state index in [1.807, 2.05) is 24.3 Å². The van der Waals surface area contributed by atoms with Crippen molar-refractivity contribution < 1.29 is 24.1 Å². The fourth-order valence-electron chi connectivity index (χ4n) is 6.82. The van der Waals surface area contributed by atoms with E-state index in [1.54, 1.807) is 0 Å². The topological polar surface area (TPSA) is 77.0 Å². The third kappa shape index (κ3) is 4.90. The fourth-order valence-corrected chi connectivity index (χ4v) is 7.01. The third-order valence-corrected chi connectivity index (χ3v) is 9.08. The number of carbonyl (C=O) groups excluding carboxylic acids is 1. The summed E-state index contributed by atoms with van der Waals surface area (Å²) in [7, 11) is 1.46. The van der Waals surface area contributed by atoms with Crippen LogP contribution in [0.3, 0.4) is 0 Å². The molecule has 0 radical (unpaired) electrons. The van der Waals surface area contributed by atoms with Gasteiger partial charge in [-0.3, -0.25) is 0 Å². The van der Waals surface area contributed by atoms with Crippen LogP contribution in [0.15, 0.2) is 36.4 Å². The summed E-state index contributed by atoms with van der Waals surface area (Å²) in [6.45, 7) is 5.01. The summed E-state index contributed by atoms with van der Waals surface area (Å²) in [5.74, 6) is 1.99. The van der Waals surface area contributed by atoms with Gasteiger partial charge >= 0.3 is 5.97 Å². The number of aliphatic hydroxyl groups excluding tert-OH is 1. The molecule has 6 nitrogen and oxygen atoms in total. The average Bonchev–Trinajstić information content (AvgIpc) is 3.02. The van der Waals surface area contributed by atoms with Gasteiger partial charge in [-0.2, -0.15) is 0 Å². The van der Waals surface area contributed by atoms with Gasteiger partial charge in [0, 0.05) is 23.7 Å². The van der Waals surface area contributed by atoms with Crippen molar-refractivity contribution in [2.75, 3.05) is 25.6 Å². The Balaban J connectivity index is 1.50. The standard InChI is InChI=1S/C30H38ClNO5/c1-19(18-33)13-22-14-21-15-27-26(36-12-7-20(2)37-27)17-25(21)29(22)8-10-30(11-9-29,28(34)35-3)32-24-6-4-5-23(31)16-24/h4-6,15-17,19-20,22,32-33H,7-14,18H2,1-3H3/t19-,20-,22+,29?,30?/m1/s1.